The first-order chi connectivity index (χ1) is 11.7. The predicted molar refractivity (Wildman–Crippen MR) is 98.6 cm³/mol. The highest BCUT2D eigenvalue weighted by molar-refractivity contribution is 5.77. The first-order valence-electron chi connectivity index (χ1n) is 8.85. The molecule has 1 amide bonds. The lowest BCUT2D eigenvalue weighted by Gasteiger charge is -2.35. The molecule has 1 aliphatic heterocycles. The van der Waals surface area contributed by atoms with Gasteiger partial charge < -0.3 is 14.2 Å². The van der Waals surface area contributed by atoms with Crippen LogP contribution in [0.15, 0.2) is 18.5 Å². The van der Waals surface area contributed by atoms with Crippen LogP contribution < -0.4 is 0 Å². The zero-order chi connectivity index (χ0) is 18.2. The first-order valence-corrected chi connectivity index (χ1v) is 8.85. The largest absolute Gasteiger partial charge is 0.444 e. The molecule has 1 saturated heterocycles. The van der Waals surface area contributed by atoms with Crippen molar-refractivity contribution in [1.82, 2.24) is 19.4 Å². The van der Waals surface area contributed by atoms with Gasteiger partial charge in [0.05, 0.1) is 24.0 Å². The van der Waals surface area contributed by atoms with Crippen molar-refractivity contribution in [1.29, 1.82) is 0 Å². The Balaban J connectivity index is 1.61. The van der Waals surface area contributed by atoms with E-state index in [9.17, 15) is 4.79 Å². The number of imidazole rings is 1. The van der Waals surface area contributed by atoms with E-state index in [1.54, 1.807) is 4.90 Å². The lowest BCUT2D eigenvalue weighted by atomic mass is 10.1. The fourth-order valence-electron chi connectivity index (χ4n) is 3.04. The van der Waals surface area contributed by atoms with Gasteiger partial charge in [0, 0.05) is 26.2 Å². The first kappa shape index (κ1) is 17.7. The minimum absolute atomic E-state index is 0.216. The average Bonchev–Trinajstić information content (AvgIpc) is 2.89. The second-order valence-electron chi connectivity index (χ2n) is 7.87. The van der Waals surface area contributed by atoms with E-state index in [0.29, 0.717) is 13.1 Å². The van der Waals surface area contributed by atoms with Gasteiger partial charge in [-0.2, -0.15) is 0 Å². The fourth-order valence-corrected chi connectivity index (χ4v) is 3.04. The highest BCUT2D eigenvalue weighted by atomic mass is 16.6. The molecular formula is C19H28N4O2. The molecule has 0 bridgehead atoms. The molecule has 3 rings (SSSR count). The molecule has 25 heavy (non-hydrogen) atoms. The number of nitrogens with zero attached hydrogens (tertiary/aromatic N) is 4. The van der Waals surface area contributed by atoms with Gasteiger partial charge in [-0.1, -0.05) is 0 Å². The van der Waals surface area contributed by atoms with Crippen molar-refractivity contribution >= 4 is 17.1 Å². The van der Waals surface area contributed by atoms with Crippen molar-refractivity contribution in [3.8, 4) is 0 Å². The third-order valence-electron chi connectivity index (χ3n) is 4.61. The van der Waals surface area contributed by atoms with E-state index in [4.69, 9.17) is 4.74 Å². The summed E-state index contributed by atoms with van der Waals surface area (Å²) in [5.74, 6) is 0. The van der Waals surface area contributed by atoms with E-state index in [1.165, 1.54) is 11.1 Å². The Bertz CT molecular complexity index is 768. The number of piperazine rings is 1. The van der Waals surface area contributed by atoms with Crippen LogP contribution in [-0.4, -0.2) is 57.2 Å². The number of aryl methyl sites for hydroxylation is 2. The van der Waals surface area contributed by atoms with E-state index >= 15 is 0 Å². The molecule has 6 heteroatoms. The van der Waals surface area contributed by atoms with E-state index in [0.717, 1.165) is 30.8 Å². The number of hydrogen-bond acceptors (Lipinski definition) is 4. The summed E-state index contributed by atoms with van der Waals surface area (Å²) in [4.78, 5) is 20.8. The molecule has 136 valence electrons. The number of fused-ring (bicyclic) bond motifs is 1. The van der Waals surface area contributed by atoms with Gasteiger partial charge in [-0.15, -0.1) is 0 Å². The lowest BCUT2D eigenvalue weighted by Crippen LogP contribution is -2.50. The van der Waals surface area contributed by atoms with Gasteiger partial charge in [-0.05, 0) is 57.9 Å². The molecule has 1 fully saturated rings. The van der Waals surface area contributed by atoms with Gasteiger partial charge in [-0.3, -0.25) is 4.90 Å². The summed E-state index contributed by atoms with van der Waals surface area (Å²) >= 11 is 0. The number of amides is 1. The van der Waals surface area contributed by atoms with E-state index in [2.05, 4.69) is 40.4 Å². The molecule has 1 aromatic heterocycles. The second-order valence-corrected chi connectivity index (χ2v) is 7.87. The van der Waals surface area contributed by atoms with Crippen LogP contribution in [0.1, 0.15) is 31.9 Å². The summed E-state index contributed by atoms with van der Waals surface area (Å²) in [6.07, 6.45) is 1.69. The normalized spacial score (nSPS) is 16.4. The van der Waals surface area contributed by atoms with Crippen molar-refractivity contribution in [2.24, 2.45) is 0 Å². The molecule has 6 nitrogen and oxygen atoms in total. The van der Waals surface area contributed by atoms with Gasteiger partial charge in [-0.25, -0.2) is 9.78 Å². The highest BCUT2D eigenvalue weighted by Gasteiger charge is 2.26. The Hall–Kier alpha value is -2.08. The van der Waals surface area contributed by atoms with Crippen LogP contribution in [-0.2, 0) is 11.4 Å². The third kappa shape index (κ3) is 4.12. The molecule has 1 aromatic carbocycles. The van der Waals surface area contributed by atoms with E-state index < -0.39 is 5.60 Å². The monoisotopic (exact) mass is 344 g/mol. The van der Waals surface area contributed by atoms with Crippen LogP contribution in [0.3, 0.4) is 0 Å². The Kier molecular flexibility index (Phi) is 4.73. The van der Waals surface area contributed by atoms with E-state index in [-0.39, 0.29) is 6.09 Å². The molecule has 0 spiro atoms. The van der Waals surface area contributed by atoms with Crippen LogP contribution in [0.2, 0.25) is 0 Å². The summed E-state index contributed by atoms with van der Waals surface area (Å²) < 4.78 is 7.64. The van der Waals surface area contributed by atoms with Crippen molar-refractivity contribution in [3.63, 3.8) is 0 Å². The van der Waals surface area contributed by atoms with Crippen LogP contribution in [0.25, 0.3) is 11.0 Å². The van der Waals surface area contributed by atoms with Crippen molar-refractivity contribution in [2.45, 2.75) is 46.9 Å². The Labute approximate surface area is 149 Å². The second kappa shape index (κ2) is 6.67. The maximum atomic E-state index is 12.2. The molecule has 0 radical (unpaired) electrons. The number of hydrogen-bond donors (Lipinski definition) is 0. The lowest BCUT2D eigenvalue weighted by molar-refractivity contribution is 0.0120. The standard InChI is InChI=1S/C19H28N4O2/c1-14-10-16-17(11-15(14)2)23(12-20-16)13-21-6-8-22(9-7-21)18(24)25-19(3,4)5/h10-12H,6-9,13H2,1-5H3. The Morgan fingerprint density at radius 1 is 1.12 bits per heavy atom. The zero-order valence-corrected chi connectivity index (χ0v) is 15.9. The summed E-state index contributed by atoms with van der Waals surface area (Å²) in [6.45, 7) is 13.8. The smallest absolute Gasteiger partial charge is 0.410 e. The van der Waals surface area contributed by atoms with Crippen molar-refractivity contribution < 1.29 is 9.53 Å². The summed E-state index contributed by atoms with van der Waals surface area (Å²) in [5.41, 5.74) is 4.31. The maximum Gasteiger partial charge on any atom is 0.410 e. The molecular weight excluding hydrogens is 316 g/mol. The van der Waals surface area contributed by atoms with Crippen LogP contribution >= 0.6 is 0 Å². The molecule has 1 aliphatic rings. The predicted octanol–water partition coefficient (Wildman–Crippen LogP) is 3.16. The zero-order valence-electron chi connectivity index (χ0n) is 15.9. The SMILES string of the molecule is Cc1cc2ncn(CN3CCN(C(=O)OC(C)(C)C)CC3)c2cc1C. The Morgan fingerprint density at radius 2 is 1.76 bits per heavy atom. The quantitative estimate of drug-likeness (QED) is 0.840. The summed E-state index contributed by atoms with van der Waals surface area (Å²) in [7, 11) is 0. The molecule has 2 heterocycles. The minimum Gasteiger partial charge on any atom is -0.444 e. The van der Waals surface area contributed by atoms with Gasteiger partial charge in [0.15, 0.2) is 0 Å². The van der Waals surface area contributed by atoms with E-state index in [1.807, 2.05) is 27.1 Å². The fraction of sp³-hybridized carbons (Fsp3) is 0.579. The van der Waals surface area contributed by atoms with Gasteiger partial charge >= 0.3 is 6.09 Å². The maximum absolute atomic E-state index is 12.2. The van der Waals surface area contributed by atoms with Gasteiger partial charge in [0.2, 0.25) is 0 Å². The van der Waals surface area contributed by atoms with Gasteiger partial charge in [0.1, 0.15) is 5.60 Å². The number of carbonyl (C=O) groups is 1. The third-order valence-corrected chi connectivity index (χ3v) is 4.61. The number of carbonyl (C=O) groups excluding carboxylic acids is 1. The minimum atomic E-state index is -0.445. The van der Waals surface area contributed by atoms with Gasteiger partial charge in [0.25, 0.3) is 0 Å². The average molecular weight is 344 g/mol. The Morgan fingerprint density at radius 3 is 2.40 bits per heavy atom. The van der Waals surface area contributed by atoms with Crippen LogP contribution in [0.5, 0.6) is 0 Å². The molecule has 0 aliphatic carbocycles. The molecule has 0 atom stereocenters. The highest BCUT2D eigenvalue weighted by Crippen LogP contribution is 2.19. The number of ether oxygens (including phenoxy) is 1. The number of rotatable bonds is 2. The number of benzene rings is 1. The van der Waals surface area contributed by atoms with Crippen LogP contribution in [0, 0.1) is 13.8 Å². The topological polar surface area (TPSA) is 50.6 Å². The van der Waals surface area contributed by atoms with Crippen LogP contribution in [0.4, 0.5) is 4.79 Å². The van der Waals surface area contributed by atoms with Crippen molar-refractivity contribution in [3.05, 3.63) is 29.6 Å². The summed E-state index contributed by atoms with van der Waals surface area (Å²) in [6, 6.07) is 4.34. The van der Waals surface area contributed by atoms with Crippen molar-refractivity contribution in [2.75, 3.05) is 26.2 Å². The summed E-state index contributed by atoms with van der Waals surface area (Å²) in [5, 5.41) is 0. The molecule has 0 unspecified atom stereocenters. The molecule has 0 saturated carbocycles. The molecule has 2 aromatic rings. The molecule has 0 N–H and O–H groups in total. The number of aromatic nitrogens is 2.